The minimum absolute atomic E-state index is 0.396. The van der Waals surface area contributed by atoms with E-state index in [4.69, 9.17) is 10.5 Å². The molecule has 0 aromatic heterocycles. The lowest BCUT2D eigenvalue weighted by Crippen LogP contribution is -2.33. The summed E-state index contributed by atoms with van der Waals surface area (Å²) in [6.45, 7) is 3.67. The van der Waals surface area contributed by atoms with Crippen molar-refractivity contribution in [3.05, 3.63) is 30.3 Å². The molecule has 0 amide bonds. The van der Waals surface area contributed by atoms with Crippen LogP contribution >= 0.6 is 0 Å². The lowest BCUT2D eigenvalue weighted by molar-refractivity contribution is 0.115. The number of para-hydroxylation sites is 1. The lowest BCUT2D eigenvalue weighted by Gasteiger charge is -2.27. The van der Waals surface area contributed by atoms with E-state index < -0.39 is 0 Å². The Morgan fingerprint density at radius 3 is 2.76 bits per heavy atom. The standard InChI is InChI=1S/C14H22N2O/c15-9-5-10-16(12-14-8-4-11-17-14)13-6-2-1-3-7-13/h1-3,6-7,14H,4-5,8-12,15H2. The van der Waals surface area contributed by atoms with Gasteiger partial charge in [-0.3, -0.25) is 0 Å². The molecular formula is C14H22N2O. The second-order valence-electron chi connectivity index (χ2n) is 4.56. The van der Waals surface area contributed by atoms with E-state index in [1.165, 1.54) is 18.5 Å². The van der Waals surface area contributed by atoms with Gasteiger partial charge in [-0.05, 0) is 37.9 Å². The molecule has 0 spiro atoms. The van der Waals surface area contributed by atoms with Crippen molar-refractivity contribution in [2.75, 3.05) is 31.1 Å². The number of anilines is 1. The van der Waals surface area contributed by atoms with E-state index in [1.54, 1.807) is 0 Å². The summed E-state index contributed by atoms with van der Waals surface area (Å²) in [6, 6.07) is 10.5. The van der Waals surface area contributed by atoms with Gasteiger partial charge in [-0.2, -0.15) is 0 Å². The van der Waals surface area contributed by atoms with Crippen molar-refractivity contribution in [2.24, 2.45) is 5.73 Å². The van der Waals surface area contributed by atoms with Crippen molar-refractivity contribution in [3.63, 3.8) is 0 Å². The number of ether oxygens (including phenoxy) is 1. The fourth-order valence-electron chi connectivity index (χ4n) is 2.28. The van der Waals surface area contributed by atoms with E-state index in [9.17, 15) is 0 Å². The second kappa shape index (κ2) is 6.62. The number of rotatable bonds is 6. The first-order valence-corrected chi connectivity index (χ1v) is 6.52. The van der Waals surface area contributed by atoms with Gasteiger partial charge in [0.2, 0.25) is 0 Å². The highest BCUT2D eigenvalue weighted by atomic mass is 16.5. The van der Waals surface area contributed by atoms with Gasteiger partial charge in [0, 0.05) is 25.4 Å². The Kier molecular flexibility index (Phi) is 4.83. The largest absolute Gasteiger partial charge is 0.376 e. The number of hydrogen-bond acceptors (Lipinski definition) is 3. The Morgan fingerprint density at radius 1 is 1.29 bits per heavy atom. The van der Waals surface area contributed by atoms with Crippen LogP contribution in [0.2, 0.25) is 0 Å². The molecule has 3 nitrogen and oxygen atoms in total. The maximum absolute atomic E-state index is 5.71. The lowest BCUT2D eigenvalue weighted by atomic mass is 10.2. The fourth-order valence-corrected chi connectivity index (χ4v) is 2.28. The van der Waals surface area contributed by atoms with E-state index >= 15 is 0 Å². The van der Waals surface area contributed by atoms with E-state index in [0.29, 0.717) is 6.10 Å². The minimum atomic E-state index is 0.396. The SMILES string of the molecule is NCCCN(CC1CCCO1)c1ccccc1. The predicted octanol–water partition coefficient (Wildman–Crippen LogP) is 2.02. The minimum Gasteiger partial charge on any atom is -0.376 e. The number of hydrogen-bond donors (Lipinski definition) is 1. The smallest absolute Gasteiger partial charge is 0.0750 e. The van der Waals surface area contributed by atoms with Crippen LogP contribution in [0.5, 0.6) is 0 Å². The molecule has 1 aliphatic rings. The fraction of sp³-hybridized carbons (Fsp3) is 0.571. The molecule has 0 saturated carbocycles. The maximum atomic E-state index is 5.71. The van der Waals surface area contributed by atoms with Gasteiger partial charge in [0.15, 0.2) is 0 Å². The molecule has 1 saturated heterocycles. The van der Waals surface area contributed by atoms with Crippen molar-refractivity contribution >= 4 is 5.69 Å². The van der Waals surface area contributed by atoms with Crippen LogP contribution in [-0.2, 0) is 4.74 Å². The number of nitrogens with zero attached hydrogens (tertiary/aromatic N) is 1. The molecule has 1 heterocycles. The molecule has 1 unspecified atom stereocenters. The molecule has 17 heavy (non-hydrogen) atoms. The molecule has 3 heteroatoms. The molecule has 0 bridgehead atoms. The van der Waals surface area contributed by atoms with Crippen LogP contribution in [0.15, 0.2) is 30.3 Å². The molecule has 1 aliphatic heterocycles. The molecule has 0 aliphatic carbocycles. The molecule has 94 valence electrons. The summed E-state index contributed by atoms with van der Waals surface area (Å²) in [4.78, 5) is 2.39. The van der Waals surface area contributed by atoms with Gasteiger partial charge in [0.1, 0.15) is 0 Å². The van der Waals surface area contributed by atoms with Gasteiger partial charge in [0.25, 0.3) is 0 Å². The normalized spacial score (nSPS) is 19.5. The van der Waals surface area contributed by atoms with Crippen LogP contribution < -0.4 is 10.6 Å². The summed E-state index contributed by atoms with van der Waals surface area (Å²) in [6.07, 6.45) is 3.81. The summed E-state index contributed by atoms with van der Waals surface area (Å²) < 4.78 is 5.71. The van der Waals surface area contributed by atoms with Crippen LogP contribution in [-0.4, -0.2) is 32.3 Å². The summed E-state index contributed by atoms with van der Waals surface area (Å²) in [5.74, 6) is 0. The van der Waals surface area contributed by atoms with Gasteiger partial charge in [-0.15, -0.1) is 0 Å². The highest BCUT2D eigenvalue weighted by Crippen LogP contribution is 2.19. The molecule has 1 atom stereocenters. The van der Waals surface area contributed by atoms with Crippen LogP contribution in [0.3, 0.4) is 0 Å². The first kappa shape index (κ1) is 12.4. The van der Waals surface area contributed by atoms with Crippen LogP contribution in [0.25, 0.3) is 0 Å². The molecule has 2 N–H and O–H groups in total. The molecule has 1 fully saturated rings. The van der Waals surface area contributed by atoms with Crippen molar-refractivity contribution in [1.29, 1.82) is 0 Å². The van der Waals surface area contributed by atoms with E-state index in [0.717, 1.165) is 32.7 Å². The molecule has 2 rings (SSSR count). The van der Waals surface area contributed by atoms with Crippen LogP contribution in [0.4, 0.5) is 5.69 Å². The summed E-state index contributed by atoms with van der Waals surface area (Å²) in [5, 5.41) is 0. The van der Waals surface area contributed by atoms with Gasteiger partial charge in [-0.25, -0.2) is 0 Å². The van der Waals surface area contributed by atoms with E-state index in [1.807, 2.05) is 0 Å². The third-order valence-corrected chi connectivity index (χ3v) is 3.20. The number of benzene rings is 1. The van der Waals surface area contributed by atoms with Gasteiger partial charge in [0.05, 0.1) is 6.10 Å². The van der Waals surface area contributed by atoms with Gasteiger partial charge < -0.3 is 15.4 Å². The van der Waals surface area contributed by atoms with Crippen molar-refractivity contribution in [2.45, 2.75) is 25.4 Å². The van der Waals surface area contributed by atoms with Crippen molar-refractivity contribution < 1.29 is 4.74 Å². The average Bonchev–Trinajstić information content (AvgIpc) is 2.88. The highest BCUT2D eigenvalue weighted by Gasteiger charge is 2.19. The van der Waals surface area contributed by atoms with Crippen LogP contribution in [0, 0.1) is 0 Å². The average molecular weight is 234 g/mol. The third kappa shape index (κ3) is 3.72. The molecular weight excluding hydrogens is 212 g/mol. The Labute approximate surface area is 104 Å². The quantitative estimate of drug-likeness (QED) is 0.818. The predicted molar refractivity (Wildman–Crippen MR) is 71.3 cm³/mol. The highest BCUT2D eigenvalue weighted by molar-refractivity contribution is 5.46. The maximum Gasteiger partial charge on any atom is 0.0750 e. The Hall–Kier alpha value is -1.06. The van der Waals surface area contributed by atoms with Gasteiger partial charge in [-0.1, -0.05) is 18.2 Å². The van der Waals surface area contributed by atoms with E-state index in [2.05, 4.69) is 35.2 Å². The first-order valence-electron chi connectivity index (χ1n) is 6.52. The zero-order valence-electron chi connectivity index (χ0n) is 10.3. The van der Waals surface area contributed by atoms with E-state index in [-0.39, 0.29) is 0 Å². The second-order valence-corrected chi connectivity index (χ2v) is 4.56. The third-order valence-electron chi connectivity index (χ3n) is 3.20. The zero-order chi connectivity index (χ0) is 11.9. The number of nitrogens with two attached hydrogens (primary N) is 1. The Morgan fingerprint density at radius 2 is 2.12 bits per heavy atom. The monoisotopic (exact) mass is 234 g/mol. The summed E-state index contributed by atoms with van der Waals surface area (Å²) in [7, 11) is 0. The first-order chi connectivity index (χ1) is 8.40. The zero-order valence-corrected chi connectivity index (χ0v) is 10.3. The molecule has 1 aromatic carbocycles. The molecule has 1 aromatic rings. The van der Waals surface area contributed by atoms with Crippen molar-refractivity contribution in [1.82, 2.24) is 0 Å². The topological polar surface area (TPSA) is 38.5 Å². The van der Waals surface area contributed by atoms with Crippen LogP contribution in [0.1, 0.15) is 19.3 Å². The molecule has 0 radical (unpaired) electrons. The summed E-state index contributed by atoms with van der Waals surface area (Å²) >= 11 is 0. The Bertz CT molecular complexity index is 309. The Balaban J connectivity index is 1.97. The van der Waals surface area contributed by atoms with Crippen molar-refractivity contribution in [3.8, 4) is 0 Å². The van der Waals surface area contributed by atoms with Gasteiger partial charge >= 0.3 is 0 Å². The summed E-state index contributed by atoms with van der Waals surface area (Å²) in [5.41, 5.74) is 6.88.